The molecule has 0 bridgehead atoms. The molecule has 0 radical (unpaired) electrons. The van der Waals surface area contributed by atoms with Crippen molar-refractivity contribution in [3.05, 3.63) is 33.0 Å². The van der Waals surface area contributed by atoms with Gasteiger partial charge in [-0.1, -0.05) is 0 Å². The lowest BCUT2D eigenvalue weighted by molar-refractivity contribution is -0.114. The van der Waals surface area contributed by atoms with Crippen LogP contribution in [0.3, 0.4) is 0 Å². The average Bonchev–Trinajstić information content (AvgIpc) is 3.18. The maximum absolute atomic E-state index is 11.0. The van der Waals surface area contributed by atoms with Crippen LogP contribution in [0.2, 0.25) is 0 Å². The molecule has 130 valence electrons. The van der Waals surface area contributed by atoms with Crippen LogP contribution in [0, 0.1) is 0 Å². The molecule has 0 aliphatic heterocycles. The van der Waals surface area contributed by atoms with Gasteiger partial charge >= 0.3 is 6.03 Å². The second-order valence-electron chi connectivity index (χ2n) is 5.25. The quantitative estimate of drug-likeness (QED) is 0.248. The summed E-state index contributed by atoms with van der Waals surface area (Å²) in [7, 11) is 0. The fraction of sp³-hybridized carbons (Fsp3) is 0.400. The third kappa shape index (κ3) is 6.26. The minimum absolute atomic E-state index is 0.100. The molecule has 0 spiro atoms. The molecule has 5 N–H and O–H groups in total. The maximum atomic E-state index is 11.0. The number of hydrazine groups is 1. The highest BCUT2D eigenvalue weighted by molar-refractivity contribution is 7.13. The smallest absolute Gasteiger partial charge is 0.328 e. The SMILES string of the molecule is CC(=O)Nc1nc(CCc2csc(CCCNC(=O)NN)c2)cs1. The molecule has 0 saturated carbocycles. The fourth-order valence-corrected chi connectivity index (χ4v) is 3.87. The van der Waals surface area contributed by atoms with E-state index in [1.54, 1.807) is 11.3 Å². The Morgan fingerprint density at radius 3 is 2.79 bits per heavy atom. The highest BCUT2D eigenvalue weighted by Crippen LogP contribution is 2.20. The first-order chi connectivity index (χ1) is 11.6. The molecule has 2 aromatic rings. The summed E-state index contributed by atoms with van der Waals surface area (Å²) in [4.78, 5) is 27.6. The topological polar surface area (TPSA) is 109 Å². The van der Waals surface area contributed by atoms with Crippen LogP contribution in [0.5, 0.6) is 0 Å². The number of hydrogen-bond donors (Lipinski definition) is 4. The number of rotatable bonds is 8. The van der Waals surface area contributed by atoms with Crippen molar-refractivity contribution in [2.45, 2.75) is 32.6 Å². The number of thiazole rings is 1. The zero-order valence-corrected chi connectivity index (χ0v) is 15.1. The van der Waals surface area contributed by atoms with Crippen LogP contribution in [0.15, 0.2) is 16.8 Å². The molecule has 0 saturated heterocycles. The van der Waals surface area contributed by atoms with E-state index >= 15 is 0 Å². The third-order valence-electron chi connectivity index (χ3n) is 3.23. The van der Waals surface area contributed by atoms with Gasteiger partial charge in [0.2, 0.25) is 5.91 Å². The first-order valence-corrected chi connectivity index (χ1v) is 9.35. The van der Waals surface area contributed by atoms with Crippen LogP contribution in [0.25, 0.3) is 0 Å². The predicted octanol–water partition coefficient (Wildman–Crippen LogP) is 2.05. The Labute approximate surface area is 148 Å². The number of aryl methyl sites for hydroxylation is 3. The number of urea groups is 1. The number of anilines is 1. The molecule has 2 rings (SSSR count). The van der Waals surface area contributed by atoms with Gasteiger partial charge in [0, 0.05) is 23.7 Å². The van der Waals surface area contributed by atoms with Gasteiger partial charge in [0.25, 0.3) is 0 Å². The molecule has 0 fully saturated rings. The van der Waals surface area contributed by atoms with Gasteiger partial charge in [-0.3, -0.25) is 10.2 Å². The molecule has 7 nitrogen and oxygen atoms in total. The summed E-state index contributed by atoms with van der Waals surface area (Å²) in [6.07, 6.45) is 3.58. The van der Waals surface area contributed by atoms with Crippen LogP contribution in [-0.2, 0) is 24.1 Å². The molecule has 24 heavy (non-hydrogen) atoms. The number of thiophene rings is 1. The third-order valence-corrected chi connectivity index (χ3v) is 5.08. The number of amides is 3. The van der Waals surface area contributed by atoms with Gasteiger partial charge in [-0.25, -0.2) is 15.6 Å². The van der Waals surface area contributed by atoms with Crippen LogP contribution in [0.4, 0.5) is 9.93 Å². The first-order valence-electron chi connectivity index (χ1n) is 7.59. The maximum Gasteiger partial charge on any atom is 0.328 e. The number of nitrogens with two attached hydrogens (primary N) is 1. The number of carbonyl (C=O) groups excluding carboxylic acids is 2. The van der Waals surface area contributed by atoms with Gasteiger partial charge in [-0.15, -0.1) is 22.7 Å². The molecule has 0 aliphatic carbocycles. The standard InChI is InChI=1S/C15H21N5O2S2/c1-10(21)18-15-19-12(9-24-15)5-4-11-7-13(23-8-11)3-2-6-17-14(22)20-16/h7-9H,2-6,16H2,1H3,(H2,17,20,22)(H,18,19,21). The average molecular weight is 368 g/mol. The highest BCUT2D eigenvalue weighted by Gasteiger charge is 2.06. The van der Waals surface area contributed by atoms with E-state index in [2.05, 4.69) is 27.1 Å². The summed E-state index contributed by atoms with van der Waals surface area (Å²) < 4.78 is 0. The normalized spacial score (nSPS) is 10.4. The van der Waals surface area contributed by atoms with Crippen molar-refractivity contribution in [1.29, 1.82) is 0 Å². The van der Waals surface area contributed by atoms with E-state index in [4.69, 9.17) is 5.84 Å². The molecule has 2 aromatic heterocycles. The lowest BCUT2D eigenvalue weighted by atomic mass is 10.1. The second-order valence-corrected chi connectivity index (χ2v) is 7.10. The fourth-order valence-electron chi connectivity index (χ4n) is 2.11. The van der Waals surface area contributed by atoms with Gasteiger partial charge in [-0.2, -0.15) is 0 Å². The number of hydrogen-bond acceptors (Lipinski definition) is 6. The summed E-state index contributed by atoms with van der Waals surface area (Å²) in [5.41, 5.74) is 4.32. The van der Waals surface area contributed by atoms with Gasteiger partial charge in [0.1, 0.15) is 0 Å². The van der Waals surface area contributed by atoms with Crippen molar-refractivity contribution in [1.82, 2.24) is 15.7 Å². The van der Waals surface area contributed by atoms with E-state index in [1.807, 2.05) is 10.8 Å². The van der Waals surface area contributed by atoms with Crippen LogP contribution >= 0.6 is 22.7 Å². The van der Waals surface area contributed by atoms with Crippen molar-refractivity contribution in [3.8, 4) is 0 Å². The molecular weight excluding hydrogens is 346 g/mol. The number of carbonyl (C=O) groups is 2. The number of aromatic nitrogens is 1. The zero-order valence-electron chi connectivity index (χ0n) is 13.4. The van der Waals surface area contributed by atoms with Crippen molar-refractivity contribution < 1.29 is 9.59 Å². The van der Waals surface area contributed by atoms with E-state index < -0.39 is 0 Å². The molecule has 0 unspecified atom stereocenters. The minimum atomic E-state index is -0.358. The largest absolute Gasteiger partial charge is 0.337 e. The van der Waals surface area contributed by atoms with Crippen molar-refractivity contribution in [3.63, 3.8) is 0 Å². The molecule has 0 aliphatic rings. The Bertz CT molecular complexity index is 683. The Morgan fingerprint density at radius 1 is 1.21 bits per heavy atom. The molecule has 2 heterocycles. The van der Waals surface area contributed by atoms with Gasteiger partial charge in [0.15, 0.2) is 5.13 Å². The molecule has 3 amide bonds. The van der Waals surface area contributed by atoms with E-state index in [9.17, 15) is 9.59 Å². The van der Waals surface area contributed by atoms with Gasteiger partial charge in [-0.05, 0) is 42.7 Å². The second kappa shape index (κ2) is 9.36. The summed E-state index contributed by atoms with van der Waals surface area (Å²) >= 11 is 3.18. The minimum Gasteiger partial charge on any atom is -0.337 e. The Morgan fingerprint density at radius 2 is 2.04 bits per heavy atom. The van der Waals surface area contributed by atoms with Crippen molar-refractivity contribution >= 4 is 39.7 Å². The molecule has 9 heteroatoms. The summed E-state index contributed by atoms with van der Waals surface area (Å²) in [5, 5.41) is 10.2. The number of nitrogens with zero attached hydrogens (tertiary/aromatic N) is 1. The molecular formula is C15H21N5O2S2. The van der Waals surface area contributed by atoms with E-state index in [0.717, 1.165) is 31.4 Å². The predicted molar refractivity (Wildman–Crippen MR) is 97.2 cm³/mol. The summed E-state index contributed by atoms with van der Waals surface area (Å²) in [6, 6.07) is 1.85. The highest BCUT2D eigenvalue weighted by atomic mass is 32.1. The van der Waals surface area contributed by atoms with Gasteiger partial charge < -0.3 is 10.6 Å². The molecule has 0 aromatic carbocycles. The summed E-state index contributed by atoms with van der Waals surface area (Å²) in [6.45, 7) is 2.08. The van der Waals surface area contributed by atoms with Crippen LogP contribution in [-0.4, -0.2) is 23.5 Å². The number of nitrogens with one attached hydrogen (secondary N) is 3. The van der Waals surface area contributed by atoms with Crippen LogP contribution < -0.4 is 21.9 Å². The first kappa shape index (κ1) is 18.4. The van der Waals surface area contributed by atoms with Crippen molar-refractivity contribution in [2.24, 2.45) is 5.84 Å². The lowest BCUT2D eigenvalue weighted by Crippen LogP contribution is -2.40. The van der Waals surface area contributed by atoms with Crippen LogP contribution in [0.1, 0.15) is 29.5 Å². The Balaban J connectivity index is 1.72. The van der Waals surface area contributed by atoms with E-state index in [1.165, 1.54) is 28.7 Å². The Hall–Kier alpha value is -1.97. The zero-order chi connectivity index (χ0) is 17.4. The van der Waals surface area contributed by atoms with E-state index in [0.29, 0.717) is 11.7 Å². The lowest BCUT2D eigenvalue weighted by Gasteiger charge is -2.02. The van der Waals surface area contributed by atoms with E-state index in [-0.39, 0.29) is 11.9 Å². The van der Waals surface area contributed by atoms with Crippen molar-refractivity contribution in [2.75, 3.05) is 11.9 Å². The Kier molecular flexibility index (Phi) is 7.16. The summed E-state index contributed by atoms with van der Waals surface area (Å²) in [5.74, 6) is 4.89. The molecule has 0 atom stereocenters. The van der Waals surface area contributed by atoms with Gasteiger partial charge in [0.05, 0.1) is 5.69 Å². The monoisotopic (exact) mass is 367 g/mol.